The number of H-pyrrole nitrogens is 1. The van der Waals surface area contributed by atoms with Crippen molar-refractivity contribution in [2.45, 2.75) is 25.4 Å². The predicted molar refractivity (Wildman–Crippen MR) is 87.0 cm³/mol. The maximum absolute atomic E-state index is 12.2. The van der Waals surface area contributed by atoms with E-state index in [-0.39, 0.29) is 11.8 Å². The van der Waals surface area contributed by atoms with Crippen LogP contribution in [0.5, 0.6) is 0 Å². The number of thiazole rings is 1. The molecular weight excluding hydrogens is 314 g/mol. The van der Waals surface area contributed by atoms with Crippen LogP contribution in [-0.2, 0) is 4.79 Å². The largest absolute Gasteiger partial charge is 0.392 e. The van der Waals surface area contributed by atoms with Gasteiger partial charge in [-0.25, -0.2) is 15.0 Å². The summed E-state index contributed by atoms with van der Waals surface area (Å²) < 4.78 is 0. The lowest BCUT2D eigenvalue weighted by Gasteiger charge is -2.12. The first kappa shape index (κ1) is 14.3. The molecule has 3 aromatic rings. The number of anilines is 1. The molecule has 23 heavy (non-hydrogen) atoms. The SMILES string of the molecule is O=C(Nc1nc(-c2ncnc3[nH]ccc23)cs1)C1CCCC1O. The lowest BCUT2D eigenvalue weighted by molar-refractivity contribution is -0.122. The first-order valence-electron chi connectivity index (χ1n) is 7.45. The van der Waals surface area contributed by atoms with Crippen molar-refractivity contribution in [3.8, 4) is 11.4 Å². The lowest BCUT2D eigenvalue weighted by Crippen LogP contribution is -2.28. The van der Waals surface area contributed by atoms with Crippen molar-refractivity contribution in [1.29, 1.82) is 0 Å². The number of fused-ring (bicyclic) bond motifs is 1. The number of hydrogen-bond acceptors (Lipinski definition) is 6. The van der Waals surface area contributed by atoms with Crippen molar-refractivity contribution in [3.63, 3.8) is 0 Å². The quantitative estimate of drug-likeness (QED) is 0.683. The highest BCUT2D eigenvalue weighted by Gasteiger charge is 2.31. The molecule has 0 saturated heterocycles. The molecule has 3 aromatic heterocycles. The van der Waals surface area contributed by atoms with Crippen LogP contribution in [0.3, 0.4) is 0 Å². The Morgan fingerprint density at radius 2 is 2.30 bits per heavy atom. The van der Waals surface area contributed by atoms with Gasteiger partial charge in [-0.15, -0.1) is 11.3 Å². The monoisotopic (exact) mass is 329 g/mol. The fraction of sp³-hybridized carbons (Fsp3) is 0.333. The van der Waals surface area contributed by atoms with Crippen molar-refractivity contribution in [3.05, 3.63) is 24.0 Å². The molecule has 1 fully saturated rings. The van der Waals surface area contributed by atoms with Crippen molar-refractivity contribution in [1.82, 2.24) is 19.9 Å². The molecule has 3 N–H and O–H groups in total. The molecule has 8 heteroatoms. The number of aliphatic hydroxyl groups is 1. The van der Waals surface area contributed by atoms with E-state index < -0.39 is 6.10 Å². The smallest absolute Gasteiger partial charge is 0.231 e. The topological polar surface area (TPSA) is 104 Å². The van der Waals surface area contributed by atoms with Crippen molar-refractivity contribution < 1.29 is 9.90 Å². The van der Waals surface area contributed by atoms with E-state index in [1.807, 2.05) is 11.4 Å². The Balaban J connectivity index is 1.57. The first-order chi connectivity index (χ1) is 11.2. The molecule has 0 radical (unpaired) electrons. The number of aromatic amines is 1. The van der Waals surface area contributed by atoms with Gasteiger partial charge in [0.05, 0.1) is 12.0 Å². The fourth-order valence-electron chi connectivity index (χ4n) is 2.96. The summed E-state index contributed by atoms with van der Waals surface area (Å²) in [5.74, 6) is -0.497. The maximum Gasteiger partial charge on any atom is 0.231 e. The number of nitrogens with one attached hydrogen (secondary N) is 2. The maximum atomic E-state index is 12.2. The molecule has 1 amide bonds. The van der Waals surface area contributed by atoms with Crippen molar-refractivity contribution >= 4 is 33.4 Å². The van der Waals surface area contributed by atoms with Crippen LogP contribution in [0.1, 0.15) is 19.3 Å². The molecule has 3 heterocycles. The normalized spacial score (nSPS) is 20.9. The summed E-state index contributed by atoms with van der Waals surface area (Å²) in [7, 11) is 0. The Morgan fingerprint density at radius 1 is 1.39 bits per heavy atom. The van der Waals surface area contributed by atoms with E-state index in [0.717, 1.165) is 29.6 Å². The molecule has 1 aliphatic rings. The van der Waals surface area contributed by atoms with Crippen LogP contribution in [0.25, 0.3) is 22.4 Å². The summed E-state index contributed by atoms with van der Waals surface area (Å²) in [6, 6.07) is 1.90. The predicted octanol–water partition coefficient (Wildman–Crippen LogP) is 2.18. The Morgan fingerprint density at radius 3 is 3.13 bits per heavy atom. The highest BCUT2D eigenvalue weighted by atomic mass is 32.1. The number of nitrogens with zero attached hydrogens (tertiary/aromatic N) is 3. The highest BCUT2D eigenvalue weighted by molar-refractivity contribution is 7.14. The van der Waals surface area contributed by atoms with E-state index in [9.17, 15) is 9.90 Å². The number of hydrogen-bond donors (Lipinski definition) is 3. The molecule has 1 saturated carbocycles. The second-order valence-electron chi connectivity index (χ2n) is 5.59. The third kappa shape index (κ3) is 2.60. The number of aliphatic hydroxyl groups excluding tert-OH is 1. The van der Waals surface area contributed by atoms with Crippen molar-refractivity contribution in [2.75, 3.05) is 5.32 Å². The zero-order chi connectivity index (χ0) is 15.8. The van der Waals surface area contributed by atoms with Gasteiger partial charge >= 0.3 is 0 Å². The van der Waals surface area contributed by atoms with Gasteiger partial charge in [0, 0.05) is 17.0 Å². The fourth-order valence-corrected chi connectivity index (χ4v) is 3.66. The van der Waals surface area contributed by atoms with Gasteiger partial charge in [0.2, 0.25) is 5.91 Å². The lowest BCUT2D eigenvalue weighted by atomic mass is 10.1. The number of aromatic nitrogens is 4. The Bertz CT molecular complexity index is 858. The molecular formula is C15H15N5O2S. The highest BCUT2D eigenvalue weighted by Crippen LogP contribution is 2.30. The Kier molecular flexibility index (Phi) is 3.55. The molecule has 7 nitrogen and oxygen atoms in total. The van der Waals surface area contributed by atoms with Gasteiger partial charge in [-0.3, -0.25) is 4.79 Å². The van der Waals surface area contributed by atoms with Crippen LogP contribution in [0.4, 0.5) is 5.13 Å². The van der Waals surface area contributed by atoms with Gasteiger partial charge in [-0.05, 0) is 25.3 Å². The van der Waals surface area contributed by atoms with Crippen LogP contribution in [0.15, 0.2) is 24.0 Å². The average Bonchev–Trinajstić information content (AvgIpc) is 3.26. The van der Waals surface area contributed by atoms with Gasteiger partial charge in [0.25, 0.3) is 0 Å². The molecule has 0 spiro atoms. The minimum Gasteiger partial charge on any atom is -0.392 e. The third-order valence-corrected chi connectivity index (χ3v) is 4.90. The van der Waals surface area contributed by atoms with Crippen LogP contribution in [0.2, 0.25) is 0 Å². The van der Waals surface area contributed by atoms with Gasteiger partial charge in [-0.1, -0.05) is 0 Å². The van der Waals surface area contributed by atoms with Gasteiger partial charge in [0.15, 0.2) is 5.13 Å². The second kappa shape index (κ2) is 5.71. The number of carbonyl (C=O) groups excluding carboxylic acids is 1. The first-order valence-corrected chi connectivity index (χ1v) is 8.33. The van der Waals surface area contributed by atoms with Gasteiger partial charge in [-0.2, -0.15) is 0 Å². The van der Waals surface area contributed by atoms with E-state index in [1.54, 1.807) is 6.20 Å². The minimum absolute atomic E-state index is 0.162. The van der Waals surface area contributed by atoms with Crippen molar-refractivity contribution in [2.24, 2.45) is 5.92 Å². The van der Waals surface area contributed by atoms with Crippen LogP contribution in [-0.4, -0.2) is 37.1 Å². The minimum atomic E-state index is -0.546. The third-order valence-electron chi connectivity index (χ3n) is 4.15. The molecule has 1 aliphatic carbocycles. The van der Waals surface area contributed by atoms with Crippen LogP contribution >= 0.6 is 11.3 Å². The van der Waals surface area contributed by atoms with Crippen LogP contribution in [0, 0.1) is 5.92 Å². The Labute approximate surface area is 135 Å². The average molecular weight is 329 g/mol. The molecule has 2 atom stereocenters. The zero-order valence-electron chi connectivity index (χ0n) is 12.2. The standard InChI is InChI=1S/C15H15N5O2S/c21-11-3-1-2-8(11)14(22)20-15-19-10(6-23-15)12-9-4-5-16-13(9)18-7-17-12/h4-8,11,21H,1-3H2,(H,16,17,18)(H,19,20,22). The summed E-state index contributed by atoms with van der Waals surface area (Å²) in [5, 5.41) is 15.9. The summed E-state index contributed by atoms with van der Waals surface area (Å²) in [6.07, 6.45) is 5.04. The van der Waals surface area contributed by atoms with Crippen LogP contribution < -0.4 is 5.32 Å². The molecule has 4 rings (SSSR count). The molecule has 0 bridgehead atoms. The van der Waals surface area contributed by atoms with Gasteiger partial charge in [0.1, 0.15) is 23.4 Å². The molecule has 2 unspecified atom stereocenters. The number of rotatable bonds is 3. The summed E-state index contributed by atoms with van der Waals surface area (Å²) in [6.45, 7) is 0. The number of amides is 1. The van der Waals surface area contributed by atoms with E-state index in [4.69, 9.17) is 0 Å². The Hall–Kier alpha value is -2.32. The van der Waals surface area contributed by atoms with E-state index >= 15 is 0 Å². The zero-order valence-corrected chi connectivity index (χ0v) is 13.0. The summed E-state index contributed by atoms with van der Waals surface area (Å²) >= 11 is 1.35. The molecule has 118 valence electrons. The number of carbonyl (C=O) groups is 1. The molecule has 0 aromatic carbocycles. The van der Waals surface area contributed by atoms with E-state index in [2.05, 4.69) is 25.3 Å². The summed E-state index contributed by atoms with van der Waals surface area (Å²) in [4.78, 5) is 28.1. The van der Waals surface area contributed by atoms with Gasteiger partial charge < -0.3 is 15.4 Å². The molecule has 0 aliphatic heterocycles. The van der Waals surface area contributed by atoms with E-state index in [0.29, 0.717) is 17.2 Å². The second-order valence-corrected chi connectivity index (χ2v) is 6.45. The van der Waals surface area contributed by atoms with E-state index in [1.165, 1.54) is 17.7 Å². The summed E-state index contributed by atoms with van der Waals surface area (Å²) in [5.41, 5.74) is 2.18.